The van der Waals surface area contributed by atoms with E-state index in [1.807, 2.05) is 30.5 Å². The number of fused-ring (bicyclic) bond motifs is 1. The van der Waals surface area contributed by atoms with E-state index in [1.165, 1.54) is 6.92 Å². The summed E-state index contributed by atoms with van der Waals surface area (Å²) >= 11 is 0. The molecule has 0 spiro atoms. The smallest absolute Gasteiger partial charge is 0.256 e. The fraction of sp³-hybridized carbons (Fsp3) is 0.333. The first-order valence-electron chi connectivity index (χ1n) is 5.12. The molecule has 0 radical (unpaired) electrons. The van der Waals surface area contributed by atoms with Crippen molar-refractivity contribution in [2.24, 2.45) is 5.73 Å². The van der Waals surface area contributed by atoms with Crippen LogP contribution in [0.2, 0.25) is 0 Å². The minimum Gasteiger partial charge on any atom is -0.361 e. The standard InChI is InChI=1S/C12H14F2N2/c1-12(15,11(13)14)7-8-2-3-10-9(6-8)4-5-16-10/h2-6,11,16H,7,15H2,1H3. The Kier molecular flexibility index (Phi) is 2.68. The van der Waals surface area contributed by atoms with Crippen LogP contribution in [0.4, 0.5) is 8.78 Å². The van der Waals surface area contributed by atoms with Crippen molar-refractivity contribution in [1.82, 2.24) is 4.98 Å². The number of hydrogen-bond donors (Lipinski definition) is 2. The second kappa shape index (κ2) is 3.87. The summed E-state index contributed by atoms with van der Waals surface area (Å²) in [6, 6.07) is 7.51. The molecule has 86 valence electrons. The van der Waals surface area contributed by atoms with Gasteiger partial charge in [0, 0.05) is 11.7 Å². The molecule has 1 atom stereocenters. The number of hydrogen-bond acceptors (Lipinski definition) is 1. The molecule has 1 aromatic carbocycles. The van der Waals surface area contributed by atoms with Gasteiger partial charge < -0.3 is 10.7 Å². The molecule has 2 rings (SSSR count). The van der Waals surface area contributed by atoms with Crippen LogP contribution >= 0.6 is 0 Å². The van der Waals surface area contributed by atoms with Gasteiger partial charge in [-0.1, -0.05) is 6.07 Å². The van der Waals surface area contributed by atoms with Crippen LogP contribution < -0.4 is 5.73 Å². The van der Waals surface area contributed by atoms with Crippen molar-refractivity contribution < 1.29 is 8.78 Å². The average molecular weight is 224 g/mol. The normalized spacial score (nSPS) is 15.6. The molecule has 0 saturated heterocycles. The molecule has 0 amide bonds. The molecule has 0 aliphatic carbocycles. The number of benzene rings is 1. The summed E-state index contributed by atoms with van der Waals surface area (Å²) in [5.41, 5.74) is 5.92. The minimum atomic E-state index is -2.52. The van der Waals surface area contributed by atoms with E-state index in [1.54, 1.807) is 0 Å². The molecule has 0 bridgehead atoms. The molecule has 4 heteroatoms. The van der Waals surface area contributed by atoms with Gasteiger partial charge in [-0.2, -0.15) is 0 Å². The molecule has 2 nitrogen and oxygen atoms in total. The number of rotatable bonds is 3. The second-order valence-electron chi connectivity index (χ2n) is 4.38. The van der Waals surface area contributed by atoms with E-state index >= 15 is 0 Å². The summed E-state index contributed by atoms with van der Waals surface area (Å²) in [5.74, 6) is 0. The van der Waals surface area contributed by atoms with Crippen LogP contribution in [0, 0.1) is 0 Å². The van der Waals surface area contributed by atoms with Gasteiger partial charge in [0.25, 0.3) is 6.43 Å². The summed E-state index contributed by atoms with van der Waals surface area (Å²) < 4.78 is 25.2. The zero-order valence-electron chi connectivity index (χ0n) is 9.00. The van der Waals surface area contributed by atoms with E-state index in [0.717, 1.165) is 16.5 Å². The monoisotopic (exact) mass is 224 g/mol. The van der Waals surface area contributed by atoms with Crippen molar-refractivity contribution in [2.45, 2.75) is 25.3 Å². The third-order valence-corrected chi connectivity index (χ3v) is 2.70. The Balaban J connectivity index is 2.27. The largest absolute Gasteiger partial charge is 0.361 e. The van der Waals surface area contributed by atoms with Gasteiger partial charge in [-0.25, -0.2) is 8.78 Å². The lowest BCUT2D eigenvalue weighted by molar-refractivity contribution is 0.0639. The zero-order chi connectivity index (χ0) is 11.8. The molecule has 16 heavy (non-hydrogen) atoms. The first kappa shape index (κ1) is 11.1. The molecule has 0 aliphatic rings. The lowest BCUT2D eigenvalue weighted by atomic mass is 9.94. The summed E-state index contributed by atoms with van der Waals surface area (Å²) in [5, 5.41) is 1.02. The number of alkyl halides is 2. The van der Waals surface area contributed by atoms with Gasteiger partial charge in [-0.3, -0.25) is 0 Å². The van der Waals surface area contributed by atoms with Crippen molar-refractivity contribution in [1.29, 1.82) is 0 Å². The fourth-order valence-corrected chi connectivity index (χ4v) is 1.73. The van der Waals surface area contributed by atoms with Crippen LogP contribution in [-0.4, -0.2) is 16.9 Å². The van der Waals surface area contributed by atoms with Gasteiger partial charge in [0.05, 0.1) is 5.54 Å². The fourth-order valence-electron chi connectivity index (χ4n) is 1.73. The molecule has 1 heterocycles. The van der Waals surface area contributed by atoms with Gasteiger partial charge in [0.15, 0.2) is 0 Å². The highest BCUT2D eigenvalue weighted by molar-refractivity contribution is 5.79. The lowest BCUT2D eigenvalue weighted by Crippen LogP contribution is -2.45. The van der Waals surface area contributed by atoms with E-state index in [-0.39, 0.29) is 6.42 Å². The second-order valence-corrected chi connectivity index (χ2v) is 4.38. The highest BCUT2D eigenvalue weighted by Gasteiger charge is 2.30. The van der Waals surface area contributed by atoms with Crippen molar-refractivity contribution in [3.8, 4) is 0 Å². The Morgan fingerprint density at radius 1 is 1.38 bits per heavy atom. The van der Waals surface area contributed by atoms with Crippen LogP contribution in [0.3, 0.4) is 0 Å². The van der Waals surface area contributed by atoms with Crippen LogP contribution in [0.1, 0.15) is 12.5 Å². The van der Waals surface area contributed by atoms with E-state index in [2.05, 4.69) is 4.98 Å². The molecule has 0 saturated carbocycles. The molecule has 3 N–H and O–H groups in total. The summed E-state index contributed by atoms with van der Waals surface area (Å²) in [6.07, 6.45) is -0.524. The average Bonchev–Trinajstić information content (AvgIpc) is 2.63. The van der Waals surface area contributed by atoms with Crippen molar-refractivity contribution in [2.75, 3.05) is 0 Å². The maximum Gasteiger partial charge on any atom is 0.256 e. The van der Waals surface area contributed by atoms with Gasteiger partial charge >= 0.3 is 0 Å². The molecule has 0 aliphatic heterocycles. The number of halogens is 2. The van der Waals surface area contributed by atoms with E-state index < -0.39 is 12.0 Å². The molecule has 2 aromatic rings. The van der Waals surface area contributed by atoms with Crippen molar-refractivity contribution in [3.05, 3.63) is 36.0 Å². The van der Waals surface area contributed by atoms with Crippen LogP contribution in [-0.2, 0) is 6.42 Å². The Morgan fingerprint density at radius 3 is 2.81 bits per heavy atom. The maximum atomic E-state index is 12.6. The molecule has 1 unspecified atom stereocenters. The van der Waals surface area contributed by atoms with Gasteiger partial charge in [-0.15, -0.1) is 0 Å². The van der Waals surface area contributed by atoms with E-state index in [0.29, 0.717) is 0 Å². The summed E-state index contributed by atoms with van der Waals surface area (Å²) in [7, 11) is 0. The number of nitrogens with two attached hydrogens (primary N) is 1. The Morgan fingerprint density at radius 2 is 2.12 bits per heavy atom. The molecule has 0 fully saturated rings. The summed E-state index contributed by atoms with van der Waals surface area (Å²) in [4.78, 5) is 3.05. The van der Waals surface area contributed by atoms with Gasteiger partial charge in [0.2, 0.25) is 0 Å². The number of aromatic nitrogens is 1. The Labute approximate surface area is 92.5 Å². The summed E-state index contributed by atoms with van der Waals surface area (Å²) in [6.45, 7) is 1.37. The topological polar surface area (TPSA) is 41.8 Å². The Bertz CT molecular complexity index is 488. The molecular weight excluding hydrogens is 210 g/mol. The van der Waals surface area contributed by atoms with Crippen LogP contribution in [0.25, 0.3) is 10.9 Å². The molecule has 1 aromatic heterocycles. The van der Waals surface area contributed by atoms with Gasteiger partial charge in [0.1, 0.15) is 0 Å². The highest BCUT2D eigenvalue weighted by atomic mass is 19.3. The maximum absolute atomic E-state index is 12.6. The van der Waals surface area contributed by atoms with Crippen LogP contribution in [0.5, 0.6) is 0 Å². The Hall–Kier alpha value is -1.42. The van der Waals surface area contributed by atoms with Crippen LogP contribution in [0.15, 0.2) is 30.5 Å². The highest BCUT2D eigenvalue weighted by Crippen LogP contribution is 2.21. The first-order valence-corrected chi connectivity index (χ1v) is 5.12. The zero-order valence-corrected chi connectivity index (χ0v) is 9.00. The van der Waals surface area contributed by atoms with Gasteiger partial charge in [-0.05, 0) is 42.5 Å². The van der Waals surface area contributed by atoms with Crippen molar-refractivity contribution in [3.63, 3.8) is 0 Å². The minimum absolute atomic E-state index is 0.172. The third kappa shape index (κ3) is 2.07. The number of aromatic amines is 1. The SMILES string of the molecule is CC(N)(Cc1ccc2[nH]ccc2c1)C(F)F. The quantitative estimate of drug-likeness (QED) is 0.827. The van der Waals surface area contributed by atoms with Crippen molar-refractivity contribution >= 4 is 10.9 Å². The lowest BCUT2D eigenvalue weighted by Gasteiger charge is -2.23. The van der Waals surface area contributed by atoms with E-state index in [9.17, 15) is 8.78 Å². The number of H-pyrrole nitrogens is 1. The molecular formula is C12H14F2N2. The third-order valence-electron chi connectivity index (χ3n) is 2.70. The predicted molar refractivity (Wildman–Crippen MR) is 60.6 cm³/mol. The first-order chi connectivity index (χ1) is 7.49. The predicted octanol–water partition coefficient (Wildman–Crippen LogP) is 2.69. The van der Waals surface area contributed by atoms with E-state index in [4.69, 9.17) is 5.73 Å². The number of nitrogens with one attached hydrogen (secondary N) is 1.